The van der Waals surface area contributed by atoms with E-state index in [1.807, 2.05) is 35.0 Å². The molecule has 1 aliphatic heterocycles. The highest BCUT2D eigenvalue weighted by Gasteiger charge is 2.43. The summed E-state index contributed by atoms with van der Waals surface area (Å²) >= 11 is 15.4. The van der Waals surface area contributed by atoms with E-state index < -0.39 is 36.0 Å². The third-order valence-corrected chi connectivity index (χ3v) is 9.29. The Bertz CT molecular complexity index is 1510. The molecule has 0 saturated carbocycles. The van der Waals surface area contributed by atoms with E-state index in [1.165, 1.54) is 22.7 Å². The van der Waals surface area contributed by atoms with Crippen LogP contribution in [0.4, 0.5) is 0 Å². The summed E-state index contributed by atoms with van der Waals surface area (Å²) in [5.41, 5.74) is 1.31. The number of nitrogens with one attached hydrogen (secondary N) is 1. The normalized spacial score (nSPS) is 16.8. The van der Waals surface area contributed by atoms with Gasteiger partial charge in [-0.3, -0.25) is 9.59 Å². The van der Waals surface area contributed by atoms with Crippen LogP contribution in [0.3, 0.4) is 0 Å². The number of carbonyl (C=O) groups excluding carboxylic acids is 2. The minimum absolute atomic E-state index is 0.00718. The van der Waals surface area contributed by atoms with Crippen LogP contribution in [0.5, 0.6) is 5.75 Å². The van der Waals surface area contributed by atoms with Gasteiger partial charge in [-0.15, -0.1) is 22.7 Å². The Kier molecular flexibility index (Phi) is 10.9. The van der Waals surface area contributed by atoms with Gasteiger partial charge >= 0.3 is 5.97 Å². The van der Waals surface area contributed by atoms with Gasteiger partial charge in [-0.05, 0) is 52.7 Å². The van der Waals surface area contributed by atoms with Gasteiger partial charge < -0.3 is 29.5 Å². The number of ether oxygens (including phenoxy) is 3. The molecule has 13 heteroatoms. The molecule has 1 fully saturated rings. The van der Waals surface area contributed by atoms with Crippen LogP contribution in [-0.2, 0) is 50.0 Å². The molecule has 1 saturated heterocycles. The first-order chi connectivity index (χ1) is 21.3. The van der Waals surface area contributed by atoms with Crippen LogP contribution in [0.2, 0.25) is 10.0 Å². The fourth-order valence-electron chi connectivity index (χ4n) is 4.58. The Morgan fingerprint density at radius 2 is 1.52 bits per heavy atom. The van der Waals surface area contributed by atoms with Gasteiger partial charge in [-0.2, -0.15) is 0 Å². The predicted octanol–water partition coefficient (Wildman–Crippen LogP) is 5.78. The Morgan fingerprint density at radius 3 is 2.09 bits per heavy atom. The van der Waals surface area contributed by atoms with Crippen molar-refractivity contribution in [3.63, 3.8) is 0 Å². The highest BCUT2D eigenvalue weighted by molar-refractivity contribution is 7.10. The molecule has 0 radical (unpaired) electrons. The standard InChI is InChI=1S/C31H28Cl2N2O7S2/c32-24-6-1-7-25(33)23(24)17-40-20-10-8-19(9-11-20)14-26(31(38)39)34-29(36)27-28(42-18-41-27)30(37)35(15-21-4-2-12-43-21)16-22-5-3-13-44-22/h1-13,26-28H,14-18H2,(H,34,36)(H,38,39). The monoisotopic (exact) mass is 674 g/mol. The number of aliphatic carboxylic acids is 1. The van der Waals surface area contributed by atoms with E-state index in [9.17, 15) is 19.5 Å². The van der Waals surface area contributed by atoms with Gasteiger partial charge in [0.15, 0.2) is 12.2 Å². The van der Waals surface area contributed by atoms with E-state index in [0.29, 0.717) is 40.0 Å². The SMILES string of the molecule is O=C(O)C(Cc1ccc(OCc2c(Cl)cccc2Cl)cc1)NC(=O)C1OCOC1C(=O)N(Cc1cccs1)Cc1cccs1. The largest absolute Gasteiger partial charge is 0.489 e. The van der Waals surface area contributed by atoms with Crippen LogP contribution in [-0.4, -0.2) is 52.8 Å². The van der Waals surface area contributed by atoms with Crippen molar-refractivity contribution >= 4 is 63.7 Å². The maximum atomic E-state index is 13.6. The van der Waals surface area contributed by atoms with Crippen LogP contribution >= 0.6 is 45.9 Å². The summed E-state index contributed by atoms with van der Waals surface area (Å²) in [4.78, 5) is 42.6. The van der Waals surface area contributed by atoms with E-state index in [2.05, 4.69) is 5.32 Å². The second-order valence-electron chi connectivity index (χ2n) is 9.88. The first-order valence-corrected chi connectivity index (χ1v) is 16.0. The Hall–Kier alpha value is -3.45. The van der Waals surface area contributed by atoms with Gasteiger partial charge in [0.25, 0.3) is 11.8 Å². The number of rotatable bonds is 13. The van der Waals surface area contributed by atoms with E-state index in [0.717, 1.165) is 9.75 Å². The summed E-state index contributed by atoms with van der Waals surface area (Å²) in [5.74, 6) is -1.85. The molecule has 2 N–H and O–H groups in total. The number of thiophene rings is 2. The highest BCUT2D eigenvalue weighted by Crippen LogP contribution is 2.26. The van der Waals surface area contributed by atoms with Crippen LogP contribution in [0.25, 0.3) is 0 Å². The number of hydrogen-bond donors (Lipinski definition) is 2. The molecule has 2 amide bonds. The van der Waals surface area contributed by atoms with E-state index in [1.54, 1.807) is 47.4 Å². The number of carboxylic acids is 1. The highest BCUT2D eigenvalue weighted by atomic mass is 35.5. The average molecular weight is 676 g/mol. The summed E-state index contributed by atoms with van der Waals surface area (Å²) in [6.45, 7) is 0.572. The van der Waals surface area contributed by atoms with Crippen molar-refractivity contribution in [3.8, 4) is 5.75 Å². The molecule has 2 aromatic heterocycles. The fourth-order valence-corrected chi connectivity index (χ4v) is 6.53. The fraction of sp³-hybridized carbons (Fsp3) is 0.258. The van der Waals surface area contributed by atoms with Crippen molar-refractivity contribution in [2.75, 3.05) is 6.79 Å². The zero-order chi connectivity index (χ0) is 31.1. The van der Waals surface area contributed by atoms with E-state index in [4.69, 9.17) is 37.4 Å². The van der Waals surface area contributed by atoms with Gasteiger partial charge in [0.1, 0.15) is 25.2 Å². The lowest BCUT2D eigenvalue weighted by atomic mass is 10.0. The maximum Gasteiger partial charge on any atom is 0.326 e. The van der Waals surface area contributed by atoms with Crippen LogP contribution < -0.4 is 10.1 Å². The predicted molar refractivity (Wildman–Crippen MR) is 168 cm³/mol. The molecule has 0 aliphatic carbocycles. The van der Waals surface area contributed by atoms with Gasteiger partial charge in [0, 0.05) is 31.8 Å². The molecule has 230 valence electrons. The number of amides is 2. The maximum absolute atomic E-state index is 13.6. The number of carbonyl (C=O) groups is 3. The molecule has 0 bridgehead atoms. The minimum atomic E-state index is -1.30. The third kappa shape index (κ3) is 8.17. The molecule has 1 aliphatic rings. The molecule has 0 spiro atoms. The van der Waals surface area contributed by atoms with Gasteiger partial charge in [0.2, 0.25) is 0 Å². The van der Waals surface area contributed by atoms with E-state index in [-0.39, 0.29) is 19.8 Å². The Morgan fingerprint density at radius 1 is 0.909 bits per heavy atom. The minimum Gasteiger partial charge on any atom is -0.489 e. The summed E-state index contributed by atoms with van der Waals surface area (Å²) < 4.78 is 16.8. The van der Waals surface area contributed by atoms with Gasteiger partial charge in [-0.25, -0.2) is 4.79 Å². The topological polar surface area (TPSA) is 114 Å². The van der Waals surface area contributed by atoms with Crippen molar-refractivity contribution in [2.24, 2.45) is 0 Å². The van der Waals surface area contributed by atoms with Crippen molar-refractivity contribution < 1.29 is 33.7 Å². The second-order valence-corrected chi connectivity index (χ2v) is 12.8. The summed E-state index contributed by atoms with van der Waals surface area (Å²) in [7, 11) is 0. The lowest BCUT2D eigenvalue weighted by molar-refractivity contribution is -0.147. The van der Waals surface area contributed by atoms with E-state index >= 15 is 0 Å². The number of carboxylic acid groups (broad SMARTS) is 1. The van der Waals surface area contributed by atoms with Crippen LogP contribution in [0, 0.1) is 0 Å². The van der Waals surface area contributed by atoms with Crippen LogP contribution in [0.1, 0.15) is 20.9 Å². The number of halogens is 2. The number of nitrogens with zero attached hydrogens (tertiary/aromatic N) is 1. The molecule has 9 nitrogen and oxygen atoms in total. The average Bonchev–Trinajstić information content (AvgIpc) is 3.80. The Balaban J connectivity index is 1.21. The lowest BCUT2D eigenvalue weighted by Gasteiger charge is -2.26. The van der Waals surface area contributed by atoms with Gasteiger partial charge in [0.05, 0.1) is 13.1 Å². The smallest absolute Gasteiger partial charge is 0.326 e. The second kappa shape index (κ2) is 15.0. The first-order valence-electron chi connectivity index (χ1n) is 13.5. The van der Waals surface area contributed by atoms with Crippen molar-refractivity contribution in [3.05, 3.63) is 108 Å². The molecule has 3 atom stereocenters. The molecule has 4 aromatic rings. The molecule has 44 heavy (non-hydrogen) atoms. The van der Waals surface area contributed by atoms with Gasteiger partial charge in [-0.1, -0.05) is 53.5 Å². The lowest BCUT2D eigenvalue weighted by Crippen LogP contribution is -2.52. The molecule has 5 rings (SSSR count). The summed E-state index contributed by atoms with van der Waals surface area (Å²) in [6, 6.07) is 18.4. The molecule has 3 unspecified atom stereocenters. The molecule has 3 heterocycles. The molecular weight excluding hydrogens is 647 g/mol. The molecule has 2 aromatic carbocycles. The first kappa shape index (κ1) is 32.0. The van der Waals surface area contributed by atoms with Crippen molar-refractivity contribution in [2.45, 2.75) is 44.4 Å². The zero-order valence-corrected chi connectivity index (χ0v) is 26.3. The number of benzene rings is 2. The Labute approximate surface area is 271 Å². The summed E-state index contributed by atoms with van der Waals surface area (Å²) in [5, 5.41) is 17.3. The van der Waals surface area contributed by atoms with Crippen molar-refractivity contribution in [1.82, 2.24) is 10.2 Å². The van der Waals surface area contributed by atoms with Crippen molar-refractivity contribution in [1.29, 1.82) is 0 Å². The molecular formula is C31H28Cl2N2O7S2. The van der Waals surface area contributed by atoms with Crippen LogP contribution in [0.15, 0.2) is 77.5 Å². The zero-order valence-electron chi connectivity index (χ0n) is 23.2. The summed E-state index contributed by atoms with van der Waals surface area (Å²) in [6.07, 6.45) is -2.52. The number of hydrogen-bond acceptors (Lipinski definition) is 8. The third-order valence-electron chi connectivity index (χ3n) is 6.86. The quantitative estimate of drug-likeness (QED) is 0.185.